The summed E-state index contributed by atoms with van der Waals surface area (Å²) in [6.45, 7) is 9.23. The van der Waals surface area contributed by atoms with Crippen LogP contribution in [0.4, 0.5) is 0 Å². The van der Waals surface area contributed by atoms with Gasteiger partial charge in [-0.05, 0) is 50.8 Å². The number of carboxylic acids is 1. The van der Waals surface area contributed by atoms with Gasteiger partial charge in [-0.3, -0.25) is 24.6 Å². The molecule has 4 unspecified atom stereocenters. The van der Waals surface area contributed by atoms with Gasteiger partial charge in [0.1, 0.15) is 11.3 Å². The van der Waals surface area contributed by atoms with E-state index in [4.69, 9.17) is 4.74 Å². The second-order valence-corrected chi connectivity index (χ2v) is 9.86. The largest absolute Gasteiger partial charge is 0.497 e. The summed E-state index contributed by atoms with van der Waals surface area (Å²) in [6.07, 6.45) is 3.91. The second-order valence-electron chi connectivity index (χ2n) is 9.86. The molecule has 3 rings (SSSR count). The minimum absolute atomic E-state index is 0.0279. The number of hydrogen-bond donors (Lipinski definition) is 2. The normalized spacial score (nSPS) is 28.6. The zero-order chi connectivity index (χ0) is 23.1. The van der Waals surface area contributed by atoms with E-state index in [0.717, 1.165) is 11.3 Å². The Hall–Kier alpha value is -2.67. The standard InChI is InChI=1S/C24H32N2O5/c1-14(2)13-24(22(29)30)19-18(20(27)26(21(19)28)23(3,4)5)17(25-24)12-9-15-7-10-16(31-6)11-8-15/h7-12,14,17-19,25H,13H2,1-6H3,(H,29,30)/b12-9-. The number of ether oxygens (including phenoxy) is 1. The lowest BCUT2D eigenvalue weighted by Gasteiger charge is -2.35. The van der Waals surface area contributed by atoms with E-state index in [9.17, 15) is 19.5 Å². The molecule has 2 amide bonds. The molecule has 168 valence electrons. The Balaban J connectivity index is 2.04. The molecule has 0 spiro atoms. The van der Waals surface area contributed by atoms with E-state index in [1.165, 1.54) is 4.90 Å². The van der Waals surface area contributed by atoms with E-state index in [-0.39, 0.29) is 18.2 Å². The van der Waals surface area contributed by atoms with Crippen molar-refractivity contribution in [2.24, 2.45) is 17.8 Å². The van der Waals surface area contributed by atoms with Gasteiger partial charge < -0.3 is 9.84 Å². The zero-order valence-corrected chi connectivity index (χ0v) is 19.0. The van der Waals surface area contributed by atoms with Crippen molar-refractivity contribution in [3.63, 3.8) is 0 Å². The number of methoxy groups -OCH3 is 1. The van der Waals surface area contributed by atoms with Crippen LogP contribution in [0.3, 0.4) is 0 Å². The lowest BCUT2D eigenvalue weighted by atomic mass is 9.75. The van der Waals surface area contributed by atoms with Gasteiger partial charge in [-0.2, -0.15) is 0 Å². The number of amides is 2. The molecule has 0 bridgehead atoms. The number of nitrogens with one attached hydrogen (secondary N) is 1. The first-order valence-electron chi connectivity index (χ1n) is 10.6. The monoisotopic (exact) mass is 428 g/mol. The van der Waals surface area contributed by atoms with Crippen molar-refractivity contribution in [1.29, 1.82) is 0 Å². The molecule has 2 saturated heterocycles. The van der Waals surface area contributed by atoms with Gasteiger partial charge >= 0.3 is 5.97 Å². The van der Waals surface area contributed by atoms with E-state index in [1.807, 2.05) is 50.3 Å². The topological polar surface area (TPSA) is 95.9 Å². The SMILES string of the molecule is COc1ccc(/C=C\C2NC(CC(C)C)(C(=O)O)C3C(=O)N(C(C)(C)C)C(=O)C23)cc1. The van der Waals surface area contributed by atoms with Crippen LogP contribution in [0.2, 0.25) is 0 Å². The lowest BCUT2D eigenvalue weighted by Crippen LogP contribution is -2.58. The fraction of sp³-hybridized carbons (Fsp3) is 0.542. The molecule has 0 aliphatic carbocycles. The summed E-state index contributed by atoms with van der Waals surface area (Å²) < 4.78 is 5.17. The summed E-state index contributed by atoms with van der Waals surface area (Å²) >= 11 is 0. The predicted octanol–water partition coefficient (Wildman–Crippen LogP) is 2.95. The first-order chi connectivity index (χ1) is 14.4. The number of aliphatic carboxylic acids is 1. The fourth-order valence-electron chi connectivity index (χ4n) is 4.92. The van der Waals surface area contributed by atoms with Gasteiger partial charge in [-0.15, -0.1) is 0 Å². The highest BCUT2D eigenvalue weighted by Gasteiger charge is 2.68. The van der Waals surface area contributed by atoms with Crippen LogP contribution in [0.15, 0.2) is 30.3 Å². The number of carboxylic acid groups (broad SMARTS) is 1. The minimum Gasteiger partial charge on any atom is -0.497 e. The number of fused-ring (bicyclic) bond motifs is 1. The van der Waals surface area contributed by atoms with E-state index in [2.05, 4.69) is 5.32 Å². The molecule has 7 heteroatoms. The number of carbonyl (C=O) groups excluding carboxylic acids is 2. The maximum absolute atomic E-state index is 13.4. The number of rotatable bonds is 6. The number of imide groups is 1. The third kappa shape index (κ3) is 3.99. The number of carbonyl (C=O) groups is 3. The zero-order valence-electron chi connectivity index (χ0n) is 19.0. The van der Waals surface area contributed by atoms with Crippen molar-refractivity contribution in [2.75, 3.05) is 7.11 Å². The highest BCUT2D eigenvalue weighted by molar-refractivity contribution is 6.10. The van der Waals surface area contributed by atoms with E-state index < -0.39 is 40.8 Å². The molecule has 2 aliphatic heterocycles. The van der Waals surface area contributed by atoms with Crippen molar-refractivity contribution < 1.29 is 24.2 Å². The molecule has 1 aromatic rings. The third-order valence-corrected chi connectivity index (χ3v) is 6.09. The summed E-state index contributed by atoms with van der Waals surface area (Å²) in [5.41, 5.74) is -1.31. The summed E-state index contributed by atoms with van der Waals surface area (Å²) in [5, 5.41) is 13.4. The van der Waals surface area contributed by atoms with Crippen LogP contribution in [0.1, 0.15) is 46.6 Å². The third-order valence-electron chi connectivity index (χ3n) is 6.09. The summed E-state index contributed by atoms with van der Waals surface area (Å²) in [6, 6.07) is 6.85. The molecule has 31 heavy (non-hydrogen) atoms. The molecule has 2 aliphatic rings. The molecule has 7 nitrogen and oxygen atoms in total. The van der Waals surface area contributed by atoms with Crippen LogP contribution >= 0.6 is 0 Å². The number of nitrogens with zero attached hydrogens (tertiary/aromatic N) is 1. The number of benzene rings is 1. The van der Waals surface area contributed by atoms with Crippen molar-refractivity contribution >= 4 is 23.9 Å². The van der Waals surface area contributed by atoms with Crippen molar-refractivity contribution in [3.05, 3.63) is 35.9 Å². The van der Waals surface area contributed by atoms with Crippen molar-refractivity contribution in [3.8, 4) is 5.75 Å². The Morgan fingerprint density at radius 3 is 2.32 bits per heavy atom. The van der Waals surface area contributed by atoms with E-state index in [1.54, 1.807) is 27.9 Å². The number of hydrogen-bond acceptors (Lipinski definition) is 5. The first kappa shape index (κ1) is 23.0. The Bertz CT molecular complexity index is 900. The Morgan fingerprint density at radius 1 is 1.23 bits per heavy atom. The highest BCUT2D eigenvalue weighted by Crippen LogP contribution is 2.47. The summed E-state index contributed by atoms with van der Waals surface area (Å²) in [7, 11) is 1.59. The highest BCUT2D eigenvalue weighted by atomic mass is 16.5. The smallest absolute Gasteiger partial charge is 0.324 e. The molecule has 1 aromatic carbocycles. The van der Waals surface area contributed by atoms with Crippen LogP contribution < -0.4 is 10.1 Å². The van der Waals surface area contributed by atoms with Crippen molar-refractivity contribution in [1.82, 2.24) is 10.2 Å². The fourth-order valence-corrected chi connectivity index (χ4v) is 4.92. The van der Waals surface area contributed by atoms with Gasteiger partial charge in [0.2, 0.25) is 11.8 Å². The number of likely N-dealkylation sites (tertiary alicyclic amines) is 1. The molecule has 4 atom stereocenters. The van der Waals surface area contributed by atoms with Gasteiger partial charge in [0.05, 0.1) is 18.9 Å². The predicted molar refractivity (Wildman–Crippen MR) is 117 cm³/mol. The Labute approximate surface area is 183 Å². The van der Waals surface area contributed by atoms with E-state index >= 15 is 0 Å². The van der Waals surface area contributed by atoms with Crippen LogP contribution in [0.5, 0.6) is 5.75 Å². The van der Waals surface area contributed by atoms with Gasteiger partial charge in [-0.1, -0.05) is 38.1 Å². The van der Waals surface area contributed by atoms with Crippen LogP contribution in [-0.2, 0) is 14.4 Å². The summed E-state index contributed by atoms with van der Waals surface area (Å²) in [5.74, 6) is -2.74. The van der Waals surface area contributed by atoms with Crippen molar-refractivity contribution in [2.45, 2.75) is 58.2 Å². The quantitative estimate of drug-likeness (QED) is 0.677. The van der Waals surface area contributed by atoms with Gasteiger partial charge in [0, 0.05) is 11.6 Å². The molecule has 2 fully saturated rings. The lowest BCUT2D eigenvalue weighted by molar-refractivity contribution is -0.154. The molecule has 2 heterocycles. The molecule has 2 N–H and O–H groups in total. The average molecular weight is 429 g/mol. The molecular weight excluding hydrogens is 396 g/mol. The van der Waals surface area contributed by atoms with E-state index in [0.29, 0.717) is 0 Å². The minimum atomic E-state index is -1.49. The summed E-state index contributed by atoms with van der Waals surface area (Å²) in [4.78, 5) is 40.5. The first-order valence-corrected chi connectivity index (χ1v) is 10.6. The maximum atomic E-state index is 13.4. The molecule has 0 aromatic heterocycles. The average Bonchev–Trinajstić information content (AvgIpc) is 3.14. The molecule has 0 saturated carbocycles. The van der Waals surface area contributed by atoms with Crippen LogP contribution in [-0.4, -0.2) is 52.0 Å². The molecule has 0 radical (unpaired) electrons. The van der Waals surface area contributed by atoms with Gasteiger partial charge in [0.25, 0.3) is 0 Å². The second kappa shape index (κ2) is 8.11. The molecular formula is C24H32N2O5. The van der Waals surface area contributed by atoms with Gasteiger partial charge in [0.15, 0.2) is 0 Å². The maximum Gasteiger partial charge on any atom is 0.324 e. The Morgan fingerprint density at radius 2 is 1.84 bits per heavy atom. The Kier molecular flexibility index (Phi) is 6.02. The van der Waals surface area contributed by atoms with Crippen LogP contribution in [0.25, 0.3) is 6.08 Å². The van der Waals surface area contributed by atoms with Gasteiger partial charge in [-0.25, -0.2) is 0 Å². The van der Waals surface area contributed by atoms with Crippen LogP contribution in [0, 0.1) is 17.8 Å².